The highest BCUT2D eigenvalue weighted by atomic mass is 16.5. The van der Waals surface area contributed by atoms with Crippen molar-refractivity contribution >= 4 is 11.6 Å². The van der Waals surface area contributed by atoms with Crippen LogP contribution in [0.25, 0.3) is 0 Å². The highest BCUT2D eigenvalue weighted by Crippen LogP contribution is 1.94. The number of carbonyl (C=O) groups excluding carboxylic acids is 2. The molecule has 7 heteroatoms. The summed E-state index contributed by atoms with van der Waals surface area (Å²) in [6, 6.07) is 0. The zero-order chi connectivity index (χ0) is 16.5. The molecule has 0 aromatic carbocycles. The lowest BCUT2D eigenvalue weighted by molar-refractivity contribution is -0.125. The van der Waals surface area contributed by atoms with Crippen LogP contribution < -0.4 is 5.32 Å². The largest absolute Gasteiger partial charge is 0.379 e. The van der Waals surface area contributed by atoms with Crippen LogP contribution in [0.1, 0.15) is 19.8 Å². The summed E-state index contributed by atoms with van der Waals surface area (Å²) in [5.74, 6) is 0.0599. The third-order valence-corrected chi connectivity index (χ3v) is 2.55. The number of ketones is 2. The molecule has 0 amide bonds. The Balaban J connectivity index is 3.17. The maximum Gasteiger partial charge on any atom is 0.158 e. The highest BCUT2D eigenvalue weighted by Gasteiger charge is 2.02. The van der Waals surface area contributed by atoms with Gasteiger partial charge < -0.3 is 24.3 Å². The topological polar surface area (TPSA) is 83.1 Å². The molecule has 0 saturated carbocycles. The highest BCUT2D eigenvalue weighted by molar-refractivity contribution is 5.79. The number of Topliss-reactive ketones (excluding diaryl/α,β-unsaturated/α-hetero) is 2. The molecular formula is C15H29NO6. The van der Waals surface area contributed by atoms with E-state index in [1.54, 1.807) is 0 Å². The third-order valence-electron chi connectivity index (χ3n) is 2.55. The van der Waals surface area contributed by atoms with Gasteiger partial charge in [0, 0.05) is 19.6 Å². The van der Waals surface area contributed by atoms with E-state index in [1.807, 2.05) is 7.05 Å². The first-order chi connectivity index (χ1) is 10.7. The quantitative estimate of drug-likeness (QED) is 0.384. The van der Waals surface area contributed by atoms with E-state index >= 15 is 0 Å². The molecule has 0 aliphatic rings. The number of hydrogen-bond acceptors (Lipinski definition) is 7. The molecule has 0 aromatic heterocycles. The minimum Gasteiger partial charge on any atom is -0.379 e. The summed E-state index contributed by atoms with van der Waals surface area (Å²) in [5.41, 5.74) is 0. The van der Waals surface area contributed by atoms with E-state index in [2.05, 4.69) is 5.32 Å². The van der Waals surface area contributed by atoms with Crippen LogP contribution >= 0.6 is 0 Å². The van der Waals surface area contributed by atoms with Crippen LogP contribution in [0, 0.1) is 0 Å². The SMILES string of the molecule is CNCCOCCOCC(=O)CCCOCCOCC(C)=O. The number of hydrogen-bond donors (Lipinski definition) is 1. The van der Waals surface area contributed by atoms with Crippen LogP contribution in [0.4, 0.5) is 0 Å². The van der Waals surface area contributed by atoms with Gasteiger partial charge in [-0.05, 0) is 20.4 Å². The van der Waals surface area contributed by atoms with Crippen LogP contribution in [0.3, 0.4) is 0 Å². The second-order valence-electron chi connectivity index (χ2n) is 4.78. The fourth-order valence-corrected chi connectivity index (χ4v) is 1.46. The summed E-state index contributed by atoms with van der Waals surface area (Å²) in [4.78, 5) is 22.1. The molecule has 1 N–H and O–H groups in total. The Morgan fingerprint density at radius 1 is 0.818 bits per heavy atom. The minimum absolute atomic E-state index is 0.00183. The second kappa shape index (κ2) is 16.5. The van der Waals surface area contributed by atoms with Gasteiger partial charge >= 0.3 is 0 Å². The van der Waals surface area contributed by atoms with Crippen molar-refractivity contribution in [2.45, 2.75) is 19.8 Å². The molecule has 130 valence electrons. The van der Waals surface area contributed by atoms with Gasteiger partial charge in [0.2, 0.25) is 0 Å². The van der Waals surface area contributed by atoms with E-state index in [0.29, 0.717) is 52.5 Å². The van der Waals surface area contributed by atoms with E-state index in [1.165, 1.54) is 6.92 Å². The number of rotatable bonds is 17. The molecule has 0 atom stereocenters. The van der Waals surface area contributed by atoms with Gasteiger partial charge in [0.1, 0.15) is 13.2 Å². The van der Waals surface area contributed by atoms with Crippen LogP contribution in [0.2, 0.25) is 0 Å². The smallest absolute Gasteiger partial charge is 0.158 e. The molecule has 0 spiro atoms. The molecule has 22 heavy (non-hydrogen) atoms. The van der Waals surface area contributed by atoms with Crippen molar-refractivity contribution in [3.8, 4) is 0 Å². The van der Waals surface area contributed by atoms with Crippen LogP contribution in [-0.2, 0) is 28.5 Å². The number of ether oxygens (including phenoxy) is 4. The van der Waals surface area contributed by atoms with Gasteiger partial charge in [0.15, 0.2) is 11.6 Å². The van der Waals surface area contributed by atoms with Crippen LogP contribution in [-0.4, -0.2) is 78.0 Å². The minimum atomic E-state index is -0.00183. The van der Waals surface area contributed by atoms with Gasteiger partial charge in [0.05, 0.1) is 33.0 Å². The monoisotopic (exact) mass is 319 g/mol. The van der Waals surface area contributed by atoms with Gasteiger partial charge in [-0.25, -0.2) is 0 Å². The van der Waals surface area contributed by atoms with E-state index in [9.17, 15) is 9.59 Å². The number of nitrogens with one attached hydrogen (secondary N) is 1. The summed E-state index contributed by atoms with van der Waals surface area (Å²) in [6.45, 7) is 5.42. The maximum atomic E-state index is 11.5. The Kier molecular flexibility index (Phi) is 15.9. The Bertz CT molecular complexity index is 285. The van der Waals surface area contributed by atoms with E-state index < -0.39 is 0 Å². The predicted octanol–water partition coefficient (Wildman–Crippen LogP) is 0.211. The summed E-state index contributed by atoms with van der Waals surface area (Å²) in [6.07, 6.45) is 1.10. The molecule has 0 radical (unpaired) electrons. The Labute approximate surface area is 132 Å². The van der Waals surface area contributed by atoms with Crippen LogP contribution in [0.15, 0.2) is 0 Å². The Hall–Kier alpha value is -0.860. The summed E-state index contributed by atoms with van der Waals surface area (Å²) in [5, 5.41) is 2.97. The Morgan fingerprint density at radius 2 is 1.41 bits per heavy atom. The summed E-state index contributed by atoms with van der Waals surface area (Å²) < 4.78 is 20.8. The number of carbonyl (C=O) groups is 2. The van der Waals surface area contributed by atoms with E-state index in [-0.39, 0.29) is 24.8 Å². The predicted molar refractivity (Wildman–Crippen MR) is 82.1 cm³/mol. The third kappa shape index (κ3) is 17.2. The molecule has 0 saturated heterocycles. The van der Waals surface area contributed by atoms with Crippen molar-refractivity contribution in [1.82, 2.24) is 5.32 Å². The van der Waals surface area contributed by atoms with Crippen molar-refractivity contribution in [3.05, 3.63) is 0 Å². The molecule has 7 nitrogen and oxygen atoms in total. The maximum absolute atomic E-state index is 11.5. The molecule has 0 rings (SSSR count). The molecule has 0 aliphatic carbocycles. The van der Waals surface area contributed by atoms with Gasteiger partial charge in [-0.2, -0.15) is 0 Å². The molecular weight excluding hydrogens is 290 g/mol. The lowest BCUT2D eigenvalue weighted by atomic mass is 10.2. The van der Waals surface area contributed by atoms with Gasteiger partial charge in [-0.1, -0.05) is 0 Å². The molecule has 0 unspecified atom stereocenters. The van der Waals surface area contributed by atoms with Gasteiger partial charge in [0.25, 0.3) is 0 Å². The molecule has 0 aromatic rings. The van der Waals surface area contributed by atoms with Crippen molar-refractivity contribution < 1.29 is 28.5 Å². The van der Waals surface area contributed by atoms with Gasteiger partial charge in [-0.3, -0.25) is 9.59 Å². The van der Waals surface area contributed by atoms with E-state index in [4.69, 9.17) is 18.9 Å². The zero-order valence-corrected chi connectivity index (χ0v) is 13.7. The lowest BCUT2D eigenvalue weighted by Crippen LogP contribution is -2.17. The summed E-state index contributed by atoms with van der Waals surface area (Å²) in [7, 11) is 1.86. The fraction of sp³-hybridized carbons (Fsp3) is 0.867. The van der Waals surface area contributed by atoms with Crippen molar-refractivity contribution in [3.63, 3.8) is 0 Å². The van der Waals surface area contributed by atoms with Crippen molar-refractivity contribution in [2.75, 3.05) is 66.4 Å². The molecule has 0 aliphatic heterocycles. The lowest BCUT2D eigenvalue weighted by Gasteiger charge is -2.06. The second-order valence-corrected chi connectivity index (χ2v) is 4.78. The summed E-state index contributed by atoms with van der Waals surface area (Å²) >= 11 is 0. The first-order valence-corrected chi connectivity index (χ1v) is 7.63. The number of likely N-dealkylation sites (N-methyl/N-ethyl adjacent to an activating group) is 1. The zero-order valence-electron chi connectivity index (χ0n) is 13.7. The molecule has 0 fully saturated rings. The van der Waals surface area contributed by atoms with Gasteiger partial charge in [-0.15, -0.1) is 0 Å². The first-order valence-electron chi connectivity index (χ1n) is 7.63. The fourth-order valence-electron chi connectivity index (χ4n) is 1.46. The van der Waals surface area contributed by atoms with E-state index in [0.717, 1.165) is 6.54 Å². The first kappa shape index (κ1) is 21.1. The van der Waals surface area contributed by atoms with Crippen LogP contribution in [0.5, 0.6) is 0 Å². The standard InChI is InChI=1S/C15H29NO6/c1-14(17)12-21-10-8-19-6-3-4-15(18)13-22-11-9-20-7-5-16-2/h16H,3-13H2,1-2H3. The average Bonchev–Trinajstić information content (AvgIpc) is 2.48. The van der Waals surface area contributed by atoms with Crippen molar-refractivity contribution in [2.24, 2.45) is 0 Å². The molecule has 0 heterocycles. The normalized spacial score (nSPS) is 10.8. The average molecular weight is 319 g/mol. The molecule has 0 bridgehead atoms. The van der Waals surface area contributed by atoms with Crippen molar-refractivity contribution in [1.29, 1.82) is 0 Å². The Morgan fingerprint density at radius 3 is 2.05 bits per heavy atom.